The van der Waals surface area contributed by atoms with Crippen LogP contribution in [0.25, 0.3) is 22.0 Å². The summed E-state index contributed by atoms with van der Waals surface area (Å²) in [6.45, 7) is 0.897. The third-order valence-corrected chi connectivity index (χ3v) is 6.19. The highest BCUT2D eigenvalue weighted by atomic mass is 32.2. The number of hydrogen-bond acceptors (Lipinski definition) is 3. The highest BCUT2D eigenvalue weighted by molar-refractivity contribution is 7.76. The van der Waals surface area contributed by atoms with Crippen LogP contribution >= 0.6 is 0 Å². The van der Waals surface area contributed by atoms with E-state index in [-0.39, 0.29) is 12.3 Å². The molecule has 0 aliphatic rings. The monoisotopic (exact) mass is 443 g/mol. The molecule has 166 valence electrons. The molecule has 2 aromatic carbocycles. The summed E-state index contributed by atoms with van der Waals surface area (Å²) >= 11 is -2.04. The Hall–Kier alpha value is -2.52. The first-order chi connectivity index (χ1) is 15.0. The minimum Gasteiger partial charge on any atom is -0.351 e. The third kappa shape index (κ3) is 6.48. The molecule has 0 aliphatic carbocycles. The number of unbranched alkanes of at least 4 members (excludes halogenated alkanes) is 3. The Morgan fingerprint density at radius 2 is 1.74 bits per heavy atom. The van der Waals surface area contributed by atoms with Crippen LogP contribution in [0.5, 0.6) is 0 Å². The average Bonchev–Trinajstić information content (AvgIpc) is 3.15. The number of fused-ring (bicyclic) bond motifs is 1. The van der Waals surface area contributed by atoms with Crippen molar-refractivity contribution in [1.82, 2.24) is 14.4 Å². The van der Waals surface area contributed by atoms with E-state index in [2.05, 4.69) is 28.8 Å². The third-order valence-electron chi connectivity index (χ3n) is 5.44. The van der Waals surface area contributed by atoms with Crippen LogP contribution in [0, 0.1) is 0 Å². The van der Waals surface area contributed by atoms with Gasteiger partial charge in [-0.1, -0.05) is 49.2 Å². The fourth-order valence-corrected chi connectivity index (χ4v) is 4.19. The zero-order valence-corrected chi connectivity index (χ0v) is 18.5. The Morgan fingerprint density at radius 3 is 2.45 bits per heavy atom. The fraction of sp³-hybridized carbons (Fsp3) is 0.348. The van der Waals surface area contributed by atoms with E-state index in [0.29, 0.717) is 19.5 Å². The van der Waals surface area contributed by atoms with Crippen LogP contribution in [0.3, 0.4) is 0 Å². The second kappa shape index (κ2) is 11.2. The Kier molecular flexibility index (Phi) is 8.36. The maximum atomic E-state index is 11.7. The van der Waals surface area contributed by atoms with Crippen LogP contribution in [-0.2, 0) is 29.7 Å². The summed E-state index contributed by atoms with van der Waals surface area (Å²) in [5.41, 5.74) is 6.02. The van der Waals surface area contributed by atoms with Gasteiger partial charge in [-0.25, -0.2) is 9.69 Å². The number of rotatable bonds is 11. The van der Waals surface area contributed by atoms with Gasteiger partial charge in [0.1, 0.15) is 0 Å². The molecule has 0 aliphatic heterocycles. The average molecular weight is 444 g/mol. The molecule has 0 radical (unpaired) electrons. The van der Waals surface area contributed by atoms with Crippen LogP contribution in [0.1, 0.15) is 37.7 Å². The molecule has 1 heterocycles. The number of nitrogens with one attached hydrogen (secondary N) is 1. The summed E-state index contributed by atoms with van der Waals surface area (Å²) in [7, 11) is 2.03. The van der Waals surface area contributed by atoms with Crippen molar-refractivity contribution >= 4 is 28.1 Å². The van der Waals surface area contributed by atoms with Crippen molar-refractivity contribution in [1.29, 1.82) is 0 Å². The molecule has 3 N–H and O–H groups in total. The highest BCUT2D eigenvalue weighted by Crippen LogP contribution is 2.25. The molecule has 8 heteroatoms. The summed E-state index contributed by atoms with van der Waals surface area (Å²) < 4.78 is 25.0. The molecule has 1 atom stereocenters. The Morgan fingerprint density at radius 1 is 1.03 bits per heavy atom. The van der Waals surface area contributed by atoms with Crippen LogP contribution in [-0.4, -0.2) is 35.3 Å². The topological polar surface area (TPSA) is 94.8 Å². The van der Waals surface area contributed by atoms with Crippen LogP contribution < -0.4 is 5.48 Å². The largest absolute Gasteiger partial charge is 0.351 e. The number of carbonyl (C=O) groups excluding carboxylic acids is 1. The van der Waals surface area contributed by atoms with Gasteiger partial charge in [0, 0.05) is 38.3 Å². The Bertz CT molecular complexity index is 1030. The van der Waals surface area contributed by atoms with E-state index in [1.807, 2.05) is 37.5 Å². The van der Waals surface area contributed by atoms with Crippen LogP contribution in [0.4, 0.5) is 0 Å². The molecule has 0 bridgehead atoms. The van der Waals surface area contributed by atoms with Crippen LogP contribution in [0.2, 0.25) is 0 Å². The molecule has 3 rings (SSSR count). The molecule has 1 amide bonds. The maximum Gasteiger partial charge on any atom is 0.243 e. The first-order valence-corrected chi connectivity index (χ1v) is 11.5. The normalized spacial score (nSPS) is 12.4. The second-order valence-electron chi connectivity index (χ2n) is 7.69. The van der Waals surface area contributed by atoms with E-state index in [1.54, 1.807) is 5.48 Å². The predicted molar refractivity (Wildman–Crippen MR) is 123 cm³/mol. The molecular weight excluding hydrogens is 414 g/mol. The molecule has 0 saturated carbocycles. The van der Waals surface area contributed by atoms with E-state index in [0.717, 1.165) is 36.0 Å². The smallest absolute Gasteiger partial charge is 0.243 e. The maximum absolute atomic E-state index is 11.7. The summed E-state index contributed by atoms with van der Waals surface area (Å²) in [4.78, 5) is 11.0. The van der Waals surface area contributed by atoms with Gasteiger partial charge in [-0.2, -0.15) is 4.31 Å². The molecular formula is C23H29N3O4S. The number of aryl methyl sites for hydroxylation is 1. The number of carbonyl (C=O) groups is 1. The lowest BCUT2D eigenvalue weighted by Gasteiger charge is -2.18. The lowest BCUT2D eigenvalue weighted by molar-refractivity contribution is -0.129. The van der Waals surface area contributed by atoms with E-state index in [9.17, 15) is 13.6 Å². The molecule has 1 unspecified atom stereocenters. The molecule has 0 spiro atoms. The molecule has 0 fully saturated rings. The van der Waals surface area contributed by atoms with Gasteiger partial charge in [0.25, 0.3) is 0 Å². The van der Waals surface area contributed by atoms with Crippen molar-refractivity contribution in [3.63, 3.8) is 0 Å². The van der Waals surface area contributed by atoms with E-state index in [1.165, 1.54) is 15.2 Å². The van der Waals surface area contributed by atoms with Crippen molar-refractivity contribution < 1.29 is 18.8 Å². The quantitative estimate of drug-likeness (QED) is 0.179. The minimum atomic E-state index is -2.04. The summed E-state index contributed by atoms with van der Waals surface area (Å²) in [6.07, 6.45) is 5.47. The number of nitrogens with zero attached hydrogens (tertiary/aromatic N) is 2. The van der Waals surface area contributed by atoms with E-state index < -0.39 is 11.3 Å². The van der Waals surface area contributed by atoms with Gasteiger partial charge >= 0.3 is 0 Å². The number of hydroxylamine groups is 1. The highest BCUT2D eigenvalue weighted by Gasteiger charge is 2.12. The molecule has 3 aromatic rings. The lowest BCUT2D eigenvalue weighted by Crippen LogP contribution is -2.26. The number of benzene rings is 2. The molecule has 1 aromatic heterocycles. The van der Waals surface area contributed by atoms with Crippen molar-refractivity contribution in [2.75, 3.05) is 6.54 Å². The first kappa shape index (κ1) is 23.1. The number of aromatic nitrogens is 1. The van der Waals surface area contributed by atoms with Crippen molar-refractivity contribution in [3.05, 3.63) is 60.3 Å². The van der Waals surface area contributed by atoms with Crippen molar-refractivity contribution in [2.24, 2.45) is 7.05 Å². The predicted octanol–water partition coefficient (Wildman–Crippen LogP) is 4.24. The minimum absolute atomic E-state index is 0.287. The van der Waals surface area contributed by atoms with Gasteiger partial charge in [-0.05, 0) is 47.1 Å². The number of hydrogen-bond donors (Lipinski definition) is 3. The molecule has 7 nitrogen and oxygen atoms in total. The summed E-state index contributed by atoms with van der Waals surface area (Å²) in [5.74, 6) is -0.384. The van der Waals surface area contributed by atoms with E-state index in [4.69, 9.17) is 5.21 Å². The standard InChI is InChI=1S/C23H29N3O4S/c1-25-15-13-20-11-12-21(16-22(20)25)19-9-7-18(8-10-19)17-26(31(29)30)14-5-3-2-4-6-23(27)24-28/h7-13,15-16,28H,2-6,14,17H2,1H3,(H,24,27)(H,29,30). The van der Waals surface area contributed by atoms with Gasteiger partial charge in [-0.15, -0.1) is 0 Å². The lowest BCUT2D eigenvalue weighted by atomic mass is 10.0. The van der Waals surface area contributed by atoms with Gasteiger partial charge in [0.2, 0.25) is 17.2 Å². The first-order valence-electron chi connectivity index (χ1n) is 10.4. The van der Waals surface area contributed by atoms with Crippen molar-refractivity contribution in [3.8, 4) is 11.1 Å². The SMILES string of the molecule is Cn1ccc2ccc(-c3ccc(CN(CCCCCCC(=O)NO)S(=O)O)cc3)cc21. The van der Waals surface area contributed by atoms with Gasteiger partial charge in [0.15, 0.2) is 0 Å². The Balaban J connectivity index is 1.54. The second-order valence-corrected chi connectivity index (χ2v) is 8.67. The Labute approximate surface area is 185 Å². The zero-order valence-electron chi connectivity index (χ0n) is 17.7. The fourth-order valence-electron chi connectivity index (χ4n) is 3.64. The molecule has 31 heavy (non-hydrogen) atoms. The molecule has 0 saturated heterocycles. The van der Waals surface area contributed by atoms with Crippen molar-refractivity contribution in [2.45, 2.75) is 38.6 Å². The summed E-state index contributed by atoms with van der Waals surface area (Å²) in [5, 5.41) is 9.68. The summed E-state index contributed by atoms with van der Waals surface area (Å²) in [6, 6.07) is 16.6. The van der Waals surface area contributed by atoms with Gasteiger partial charge < -0.3 is 4.57 Å². The van der Waals surface area contributed by atoms with Gasteiger partial charge in [-0.3, -0.25) is 14.6 Å². The van der Waals surface area contributed by atoms with E-state index >= 15 is 0 Å². The van der Waals surface area contributed by atoms with Crippen LogP contribution in [0.15, 0.2) is 54.7 Å². The zero-order chi connectivity index (χ0) is 22.2. The van der Waals surface area contributed by atoms with Gasteiger partial charge in [0.05, 0.1) is 0 Å². The number of amides is 1.